The number of nitrogens with two attached hydrogens (primary N) is 1. The summed E-state index contributed by atoms with van der Waals surface area (Å²) in [5.41, 5.74) is -0.0600. The van der Waals surface area contributed by atoms with Crippen molar-refractivity contribution < 1.29 is 4.84 Å². The molecule has 0 aliphatic rings. The second kappa shape index (κ2) is 4.39. The Kier molecular flexibility index (Phi) is 3.46. The third-order valence-electron chi connectivity index (χ3n) is 1.40. The largest absolute Gasteiger partial charge is 0.312 e. The molecule has 4 nitrogen and oxygen atoms in total. The zero-order valence-electron chi connectivity index (χ0n) is 6.37. The third kappa shape index (κ3) is 2.44. The van der Waals surface area contributed by atoms with E-state index in [1.54, 1.807) is 12.3 Å². The van der Waals surface area contributed by atoms with E-state index in [1.807, 2.05) is 0 Å². The summed E-state index contributed by atoms with van der Waals surface area (Å²) in [5, 5.41) is 0. The minimum Gasteiger partial charge on any atom is -0.312 e. The Morgan fingerprint density at radius 1 is 1.58 bits per heavy atom. The van der Waals surface area contributed by atoms with Crippen molar-refractivity contribution in [3.63, 3.8) is 0 Å². The zero-order chi connectivity index (χ0) is 8.97. The van der Waals surface area contributed by atoms with Gasteiger partial charge in [0.1, 0.15) is 0 Å². The van der Waals surface area contributed by atoms with Crippen LogP contribution in [0.25, 0.3) is 0 Å². The lowest BCUT2D eigenvalue weighted by Crippen LogP contribution is -2.21. The molecule has 66 valence electrons. The fraction of sp³-hybridized carbons (Fsp3) is 0.286. The van der Waals surface area contributed by atoms with Crippen molar-refractivity contribution in [2.24, 2.45) is 5.90 Å². The van der Waals surface area contributed by atoms with Gasteiger partial charge in [-0.15, -0.1) is 0 Å². The quantitative estimate of drug-likeness (QED) is 0.773. The Hall–Kier alpha value is -0.650. The van der Waals surface area contributed by atoms with Crippen LogP contribution in [0.15, 0.2) is 27.6 Å². The molecule has 1 heterocycles. The number of halogens is 1. The Morgan fingerprint density at radius 3 is 3.00 bits per heavy atom. The SMILES string of the molecule is NOCCn1cc(Br)ccc1=O. The summed E-state index contributed by atoms with van der Waals surface area (Å²) >= 11 is 3.26. The standard InChI is InChI=1S/C7H9BrN2O2/c8-6-1-2-7(11)10(5-6)3-4-12-9/h1-2,5H,3-4,9H2. The Labute approximate surface area is 78.0 Å². The second-order valence-corrected chi connectivity index (χ2v) is 3.17. The molecule has 1 aromatic heterocycles. The molecule has 2 N–H and O–H groups in total. The first kappa shape index (κ1) is 9.44. The van der Waals surface area contributed by atoms with Crippen LogP contribution in [-0.2, 0) is 11.4 Å². The monoisotopic (exact) mass is 232 g/mol. The molecule has 1 rings (SSSR count). The molecule has 0 atom stereocenters. The highest BCUT2D eigenvalue weighted by Gasteiger charge is 1.95. The van der Waals surface area contributed by atoms with E-state index < -0.39 is 0 Å². The molecule has 0 aliphatic heterocycles. The summed E-state index contributed by atoms with van der Waals surface area (Å²) in [6.07, 6.45) is 1.70. The maximum atomic E-state index is 11.1. The van der Waals surface area contributed by atoms with Crippen molar-refractivity contribution in [1.82, 2.24) is 4.57 Å². The number of rotatable bonds is 3. The molecular formula is C7H9BrN2O2. The molecule has 0 aliphatic carbocycles. The molecular weight excluding hydrogens is 224 g/mol. The maximum Gasteiger partial charge on any atom is 0.250 e. The van der Waals surface area contributed by atoms with Gasteiger partial charge in [0.15, 0.2) is 0 Å². The molecule has 0 saturated carbocycles. The Bertz CT molecular complexity index is 311. The molecule has 0 saturated heterocycles. The van der Waals surface area contributed by atoms with E-state index in [2.05, 4.69) is 20.8 Å². The van der Waals surface area contributed by atoms with Gasteiger partial charge in [0.05, 0.1) is 13.2 Å². The molecule has 0 radical (unpaired) electrons. The summed E-state index contributed by atoms with van der Waals surface area (Å²) in [4.78, 5) is 15.5. The van der Waals surface area contributed by atoms with E-state index in [0.717, 1.165) is 4.47 Å². The molecule has 12 heavy (non-hydrogen) atoms. The first-order valence-corrected chi connectivity index (χ1v) is 4.21. The molecule has 5 heteroatoms. The highest BCUT2D eigenvalue weighted by atomic mass is 79.9. The number of hydrogen-bond acceptors (Lipinski definition) is 3. The van der Waals surface area contributed by atoms with Crippen LogP contribution in [0, 0.1) is 0 Å². The van der Waals surface area contributed by atoms with Gasteiger partial charge in [-0.1, -0.05) is 0 Å². The minimum absolute atomic E-state index is 0.0600. The number of aromatic nitrogens is 1. The van der Waals surface area contributed by atoms with Crippen LogP contribution in [0.4, 0.5) is 0 Å². The van der Waals surface area contributed by atoms with Crippen LogP contribution < -0.4 is 11.5 Å². The zero-order valence-corrected chi connectivity index (χ0v) is 7.95. The normalized spacial score (nSPS) is 10.2. The summed E-state index contributed by atoms with van der Waals surface area (Å²) < 4.78 is 2.39. The number of nitrogens with zero attached hydrogens (tertiary/aromatic N) is 1. The molecule has 0 bridgehead atoms. The summed E-state index contributed by atoms with van der Waals surface area (Å²) in [6, 6.07) is 3.18. The van der Waals surface area contributed by atoms with Crippen LogP contribution in [0.3, 0.4) is 0 Å². The maximum absolute atomic E-state index is 11.1. The lowest BCUT2D eigenvalue weighted by atomic mass is 10.4. The fourth-order valence-corrected chi connectivity index (χ4v) is 1.21. The van der Waals surface area contributed by atoms with Crippen molar-refractivity contribution in [3.8, 4) is 0 Å². The van der Waals surface area contributed by atoms with E-state index in [1.165, 1.54) is 10.6 Å². The van der Waals surface area contributed by atoms with Crippen molar-refractivity contribution in [2.75, 3.05) is 6.61 Å². The van der Waals surface area contributed by atoms with E-state index in [0.29, 0.717) is 13.2 Å². The highest BCUT2D eigenvalue weighted by Crippen LogP contribution is 2.04. The summed E-state index contributed by atoms with van der Waals surface area (Å²) in [5.74, 6) is 4.84. The predicted molar refractivity (Wildman–Crippen MR) is 48.5 cm³/mol. The smallest absolute Gasteiger partial charge is 0.250 e. The topological polar surface area (TPSA) is 57.2 Å². The lowest BCUT2D eigenvalue weighted by Gasteiger charge is -2.03. The van der Waals surface area contributed by atoms with Gasteiger partial charge >= 0.3 is 0 Å². The van der Waals surface area contributed by atoms with Gasteiger partial charge in [0.25, 0.3) is 5.56 Å². The minimum atomic E-state index is -0.0600. The van der Waals surface area contributed by atoms with Crippen molar-refractivity contribution >= 4 is 15.9 Å². The second-order valence-electron chi connectivity index (χ2n) is 2.25. The Morgan fingerprint density at radius 2 is 2.33 bits per heavy atom. The van der Waals surface area contributed by atoms with E-state index in [9.17, 15) is 4.79 Å². The molecule has 0 spiro atoms. The number of hydrogen-bond donors (Lipinski definition) is 1. The van der Waals surface area contributed by atoms with Crippen molar-refractivity contribution in [3.05, 3.63) is 33.2 Å². The average molecular weight is 233 g/mol. The summed E-state index contributed by atoms with van der Waals surface area (Å²) in [6.45, 7) is 0.797. The van der Waals surface area contributed by atoms with Crippen LogP contribution in [0.1, 0.15) is 0 Å². The molecule has 1 aromatic rings. The predicted octanol–water partition coefficient (Wildman–Crippen LogP) is 0.501. The van der Waals surface area contributed by atoms with Gasteiger partial charge in [-0.25, -0.2) is 5.90 Å². The van der Waals surface area contributed by atoms with Crippen LogP contribution in [0.2, 0.25) is 0 Å². The fourth-order valence-electron chi connectivity index (χ4n) is 0.828. The third-order valence-corrected chi connectivity index (χ3v) is 1.87. The molecule has 0 fully saturated rings. The lowest BCUT2D eigenvalue weighted by molar-refractivity contribution is 0.129. The van der Waals surface area contributed by atoms with E-state index >= 15 is 0 Å². The van der Waals surface area contributed by atoms with E-state index in [-0.39, 0.29) is 5.56 Å². The van der Waals surface area contributed by atoms with Gasteiger partial charge in [-0.3, -0.25) is 4.79 Å². The molecule has 0 aromatic carbocycles. The van der Waals surface area contributed by atoms with Crippen molar-refractivity contribution in [1.29, 1.82) is 0 Å². The van der Waals surface area contributed by atoms with Crippen molar-refractivity contribution in [2.45, 2.75) is 6.54 Å². The van der Waals surface area contributed by atoms with Gasteiger partial charge in [0.2, 0.25) is 0 Å². The number of pyridine rings is 1. The van der Waals surface area contributed by atoms with Gasteiger partial charge in [0, 0.05) is 16.7 Å². The van der Waals surface area contributed by atoms with Crippen LogP contribution in [0.5, 0.6) is 0 Å². The van der Waals surface area contributed by atoms with Gasteiger partial charge < -0.3 is 9.40 Å². The first-order chi connectivity index (χ1) is 5.74. The van der Waals surface area contributed by atoms with Gasteiger partial charge in [-0.05, 0) is 22.0 Å². The van der Waals surface area contributed by atoms with Crippen LogP contribution >= 0.6 is 15.9 Å². The highest BCUT2D eigenvalue weighted by molar-refractivity contribution is 9.10. The van der Waals surface area contributed by atoms with Gasteiger partial charge in [-0.2, -0.15) is 0 Å². The first-order valence-electron chi connectivity index (χ1n) is 3.41. The Balaban J connectivity index is 2.83. The molecule has 0 amide bonds. The average Bonchev–Trinajstić information content (AvgIpc) is 2.07. The summed E-state index contributed by atoms with van der Waals surface area (Å²) in [7, 11) is 0. The molecule has 0 unspecified atom stereocenters. The van der Waals surface area contributed by atoms with E-state index in [4.69, 9.17) is 5.90 Å². The van der Waals surface area contributed by atoms with Crippen LogP contribution in [-0.4, -0.2) is 11.2 Å².